The Morgan fingerprint density at radius 1 is 1.00 bits per heavy atom. The lowest BCUT2D eigenvalue weighted by Gasteiger charge is -2.11. The molecule has 2 aromatic carbocycles. The second-order valence-electron chi connectivity index (χ2n) is 6.33. The van der Waals surface area contributed by atoms with Crippen LogP contribution in [-0.2, 0) is 10.0 Å². The van der Waals surface area contributed by atoms with Crippen molar-refractivity contribution in [3.63, 3.8) is 0 Å². The summed E-state index contributed by atoms with van der Waals surface area (Å²) in [6, 6.07) is 11.6. The van der Waals surface area contributed by atoms with Gasteiger partial charge in [0.05, 0.1) is 16.2 Å². The Morgan fingerprint density at radius 3 is 2.41 bits per heavy atom. The van der Waals surface area contributed by atoms with E-state index in [2.05, 4.69) is 15.1 Å². The first-order chi connectivity index (χ1) is 12.8. The molecule has 0 atom stereocenters. The molecule has 0 aliphatic heterocycles. The summed E-state index contributed by atoms with van der Waals surface area (Å²) in [5, 5.41) is 14.7. The third-order valence-electron chi connectivity index (χ3n) is 4.55. The van der Waals surface area contributed by atoms with Crippen molar-refractivity contribution in [3.8, 4) is 17.1 Å². The minimum Gasteiger partial charge on any atom is -0.494 e. The number of fused-ring (bicyclic) bond motifs is 2. The molecule has 0 aliphatic carbocycles. The van der Waals surface area contributed by atoms with Crippen LogP contribution in [0.1, 0.15) is 0 Å². The van der Waals surface area contributed by atoms with Gasteiger partial charge < -0.3 is 15.1 Å². The van der Waals surface area contributed by atoms with Crippen molar-refractivity contribution in [2.75, 3.05) is 14.1 Å². The van der Waals surface area contributed by atoms with Crippen molar-refractivity contribution in [2.24, 2.45) is 5.18 Å². The zero-order valence-corrected chi connectivity index (χ0v) is 15.3. The van der Waals surface area contributed by atoms with Gasteiger partial charge in [0, 0.05) is 35.9 Å². The van der Waals surface area contributed by atoms with Gasteiger partial charge in [-0.15, -0.1) is 4.91 Å². The second kappa shape index (κ2) is 5.93. The highest BCUT2D eigenvalue weighted by molar-refractivity contribution is 7.89. The molecule has 0 fully saturated rings. The largest absolute Gasteiger partial charge is 0.494 e. The summed E-state index contributed by atoms with van der Waals surface area (Å²) in [6.45, 7) is 0. The van der Waals surface area contributed by atoms with Gasteiger partial charge in [0.15, 0.2) is 5.88 Å². The number of nitrogens with one attached hydrogen (secondary N) is 2. The Morgan fingerprint density at radius 2 is 1.70 bits per heavy atom. The molecule has 0 amide bonds. The van der Waals surface area contributed by atoms with Gasteiger partial charge in [0.25, 0.3) is 0 Å². The summed E-state index contributed by atoms with van der Waals surface area (Å²) in [4.78, 5) is 17.5. The highest BCUT2D eigenvalue weighted by atomic mass is 32.2. The standard InChI is InChI=1S/C18H16N4O4S/c1-22(2)27(25,26)10-7-8-14-12(9-10)15(18(23)20-14)17-16(21-24)11-5-3-4-6-13(11)19-17/h3-9,19-20,23H,1-2H3. The summed E-state index contributed by atoms with van der Waals surface area (Å²) < 4.78 is 26.1. The molecule has 0 radical (unpaired) electrons. The van der Waals surface area contributed by atoms with Crippen molar-refractivity contribution in [1.82, 2.24) is 14.3 Å². The lowest BCUT2D eigenvalue weighted by molar-refractivity contribution is 0.460. The smallest absolute Gasteiger partial charge is 0.242 e. The van der Waals surface area contributed by atoms with Crippen LogP contribution >= 0.6 is 0 Å². The molecule has 3 N–H and O–H groups in total. The molecule has 0 spiro atoms. The Labute approximate surface area is 154 Å². The molecular formula is C18H16N4O4S. The monoisotopic (exact) mass is 384 g/mol. The number of aromatic hydroxyl groups is 1. The number of rotatable bonds is 4. The molecule has 27 heavy (non-hydrogen) atoms. The number of aromatic amines is 2. The van der Waals surface area contributed by atoms with E-state index in [1.54, 1.807) is 24.3 Å². The maximum atomic E-state index is 12.5. The highest BCUT2D eigenvalue weighted by Crippen LogP contribution is 2.44. The average Bonchev–Trinajstić information content (AvgIpc) is 3.16. The van der Waals surface area contributed by atoms with Gasteiger partial charge in [0.2, 0.25) is 10.0 Å². The predicted octanol–water partition coefficient (Wildman–Crippen LogP) is 3.67. The number of para-hydroxylation sites is 1. The topological polar surface area (TPSA) is 119 Å². The SMILES string of the molecule is CN(C)S(=O)(=O)c1ccc2[nH]c(O)c(-c3[nH]c4ccccc4c3N=O)c2c1. The molecule has 4 rings (SSSR count). The summed E-state index contributed by atoms with van der Waals surface area (Å²) in [5.74, 6) is -0.180. The van der Waals surface area contributed by atoms with Gasteiger partial charge in [-0.1, -0.05) is 18.2 Å². The van der Waals surface area contributed by atoms with Crippen LogP contribution in [0.2, 0.25) is 0 Å². The minimum absolute atomic E-state index is 0.0805. The number of hydrogen-bond acceptors (Lipinski definition) is 5. The van der Waals surface area contributed by atoms with Crippen LogP contribution in [0.25, 0.3) is 33.1 Å². The Hall–Kier alpha value is -3.17. The quantitative estimate of drug-likeness (QED) is 0.465. The van der Waals surface area contributed by atoms with Crippen LogP contribution in [-0.4, -0.2) is 41.9 Å². The zero-order chi connectivity index (χ0) is 19.3. The van der Waals surface area contributed by atoms with Crippen LogP contribution < -0.4 is 0 Å². The van der Waals surface area contributed by atoms with Gasteiger partial charge >= 0.3 is 0 Å². The van der Waals surface area contributed by atoms with E-state index in [1.807, 2.05) is 6.07 Å². The van der Waals surface area contributed by atoms with Gasteiger partial charge in [0.1, 0.15) is 5.69 Å². The van der Waals surface area contributed by atoms with Crippen LogP contribution in [0.5, 0.6) is 5.88 Å². The molecular weight excluding hydrogens is 368 g/mol. The first kappa shape index (κ1) is 17.3. The molecule has 9 heteroatoms. The van der Waals surface area contributed by atoms with Gasteiger partial charge in [-0.25, -0.2) is 12.7 Å². The Bertz CT molecular complexity index is 1300. The molecule has 4 aromatic rings. The Kier molecular flexibility index (Phi) is 3.79. The normalized spacial score (nSPS) is 12.3. The third kappa shape index (κ3) is 2.51. The van der Waals surface area contributed by atoms with Crippen molar-refractivity contribution in [2.45, 2.75) is 4.90 Å². The van der Waals surface area contributed by atoms with Crippen LogP contribution in [0, 0.1) is 4.91 Å². The van der Waals surface area contributed by atoms with Crippen LogP contribution in [0.4, 0.5) is 5.69 Å². The minimum atomic E-state index is -3.66. The van der Waals surface area contributed by atoms with Crippen LogP contribution in [0.3, 0.4) is 0 Å². The first-order valence-electron chi connectivity index (χ1n) is 8.06. The molecule has 0 saturated heterocycles. The number of benzene rings is 2. The van der Waals surface area contributed by atoms with Gasteiger partial charge in [-0.3, -0.25) is 0 Å². The van der Waals surface area contributed by atoms with E-state index in [4.69, 9.17) is 0 Å². The van der Waals surface area contributed by atoms with Crippen molar-refractivity contribution < 1.29 is 13.5 Å². The fraction of sp³-hybridized carbons (Fsp3) is 0.111. The molecule has 2 aromatic heterocycles. The van der Waals surface area contributed by atoms with E-state index < -0.39 is 10.0 Å². The molecule has 0 saturated carbocycles. The summed E-state index contributed by atoms with van der Waals surface area (Å²) in [5.41, 5.74) is 2.01. The van der Waals surface area contributed by atoms with E-state index in [9.17, 15) is 18.4 Å². The number of H-pyrrole nitrogens is 2. The average molecular weight is 384 g/mol. The van der Waals surface area contributed by atoms with Crippen molar-refractivity contribution >= 4 is 37.5 Å². The molecule has 0 aliphatic rings. The van der Waals surface area contributed by atoms with E-state index in [0.717, 1.165) is 4.31 Å². The summed E-state index contributed by atoms with van der Waals surface area (Å²) >= 11 is 0. The molecule has 0 unspecified atom stereocenters. The van der Waals surface area contributed by atoms with E-state index in [1.165, 1.54) is 26.2 Å². The number of nitroso groups, excluding NO2 is 1. The summed E-state index contributed by atoms with van der Waals surface area (Å²) in [7, 11) is -0.765. The van der Waals surface area contributed by atoms with Crippen LogP contribution in [0.15, 0.2) is 52.5 Å². The lowest BCUT2D eigenvalue weighted by Crippen LogP contribution is -2.22. The predicted molar refractivity (Wildman–Crippen MR) is 104 cm³/mol. The Balaban J connectivity index is 2.06. The molecule has 0 bridgehead atoms. The summed E-state index contributed by atoms with van der Waals surface area (Å²) in [6.07, 6.45) is 0. The van der Waals surface area contributed by atoms with Crippen molar-refractivity contribution in [3.05, 3.63) is 47.4 Å². The zero-order valence-electron chi connectivity index (χ0n) is 14.5. The maximum Gasteiger partial charge on any atom is 0.242 e. The molecule has 138 valence electrons. The van der Waals surface area contributed by atoms with Gasteiger partial charge in [-0.05, 0) is 29.4 Å². The maximum absolute atomic E-state index is 12.5. The van der Waals surface area contributed by atoms with E-state index in [0.29, 0.717) is 33.1 Å². The molecule has 2 heterocycles. The number of aromatic nitrogens is 2. The van der Waals surface area contributed by atoms with E-state index >= 15 is 0 Å². The number of nitrogens with zero attached hydrogens (tertiary/aromatic N) is 2. The van der Waals surface area contributed by atoms with E-state index in [-0.39, 0.29) is 16.5 Å². The lowest BCUT2D eigenvalue weighted by atomic mass is 10.1. The molecule has 8 nitrogen and oxygen atoms in total. The highest BCUT2D eigenvalue weighted by Gasteiger charge is 2.24. The second-order valence-corrected chi connectivity index (χ2v) is 8.48. The first-order valence-corrected chi connectivity index (χ1v) is 9.50. The van der Waals surface area contributed by atoms with Crippen molar-refractivity contribution in [1.29, 1.82) is 0 Å². The fourth-order valence-corrected chi connectivity index (χ4v) is 4.11. The number of sulfonamides is 1. The number of hydrogen-bond donors (Lipinski definition) is 3. The van der Waals surface area contributed by atoms with Gasteiger partial charge in [-0.2, -0.15) is 0 Å². The fourth-order valence-electron chi connectivity index (χ4n) is 3.18. The third-order valence-corrected chi connectivity index (χ3v) is 6.36.